The molecule has 0 aromatic carbocycles. The minimum atomic E-state index is -4.28. The number of ether oxygens (including phenoxy) is 2. The van der Waals surface area contributed by atoms with Crippen molar-refractivity contribution in [3.8, 4) is 0 Å². The molecule has 2 atom stereocenters. The maximum atomic E-state index is 12.7. The van der Waals surface area contributed by atoms with Crippen LogP contribution in [0, 0.1) is 0 Å². The van der Waals surface area contributed by atoms with Crippen LogP contribution in [-0.4, -0.2) is 49.9 Å². The van der Waals surface area contributed by atoms with Gasteiger partial charge < -0.3 is 20.1 Å². The summed E-state index contributed by atoms with van der Waals surface area (Å²) in [5.41, 5.74) is 5.39. The van der Waals surface area contributed by atoms with Crippen molar-refractivity contribution in [3.63, 3.8) is 0 Å². The molecule has 0 aliphatic rings. The molecule has 3 N–H and O–H groups in total. The third kappa shape index (κ3) is 49.7. The molecule has 62 heavy (non-hydrogen) atoms. The summed E-state index contributed by atoms with van der Waals surface area (Å²) in [6, 6.07) is 0. The molecule has 8 nitrogen and oxygen atoms in total. The summed E-state index contributed by atoms with van der Waals surface area (Å²) in [5.74, 6) is -0.329. The summed E-state index contributed by atoms with van der Waals surface area (Å²) < 4.78 is 33.6. The normalized spacial score (nSPS) is 13.5. The van der Waals surface area contributed by atoms with Gasteiger partial charge in [-0.1, -0.05) is 237 Å². The highest BCUT2D eigenvalue weighted by Gasteiger charge is 2.25. The molecule has 0 aliphatic carbocycles. The lowest BCUT2D eigenvalue weighted by atomic mass is 10.0. The topological polar surface area (TPSA) is 117 Å². The molecule has 0 aromatic rings. The molecule has 0 spiro atoms. The SMILES string of the molecule is CCCCCCC/C=C\C/C=C\C/C=C\CCCCCCCCCOCC(COP(=O)(O)OCCN)OC(=O)CCCCCCCCCCCCCCCCCCCCCCC. The van der Waals surface area contributed by atoms with Gasteiger partial charge in [0.15, 0.2) is 0 Å². The van der Waals surface area contributed by atoms with E-state index in [2.05, 4.69) is 50.3 Å². The molecular formula is C53H102NO7P. The van der Waals surface area contributed by atoms with Crippen molar-refractivity contribution in [1.29, 1.82) is 0 Å². The maximum Gasteiger partial charge on any atom is 0.472 e. The predicted molar refractivity (Wildman–Crippen MR) is 266 cm³/mol. The Morgan fingerprint density at radius 1 is 0.484 bits per heavy atom. The molecule has 2 unspecified atom stereocenters. The summed E-state index contributed by atoms with van der Waals surface area (Å²) in [6.45, 7) is 4.94. The lowest BCUT2D eigenvalue weighted by molar-refractivity contribution is -0.154. The molecule has 0 saturated heterocycles. The van der Waals surface area contributed by atoms with Gasteiger partial charge in [0.1, 0.15) is 6.10 Å². The Labute approximate surface area is 384 Å². The number of esters is 1. The fourth-order valence-electron chi connectivity index (χ4n) is 7.65. The zero-order valence-electron chi connectivity index (χ0n) is 40.9. The van der Waals surface area contributed by atoms with E-state index < -0.39 is 13.9 Å². The highest BCUT2D eigenvalue weighted by atomic mass is 31.2. The first kappa shape index (κ1) is 60.7. The Balaban J connectivity index is 3.93. The minimum absolute atomic E-state index is 0.0963. The van der Waals surface area contributed by atoms with E-state index in [0.29, 0.717) is 13.0 Å². The number of nitrogens with two attached hydrogens (primary N) is 1. The molecule has 0 aliphatic heterocycles. The number of carbonyl (C=O) groups excluding carboxylic acids is 1. The highest BCUT2D eigenvalue weighted by molar-refractivity contribution is 7.47. The average Bonchev–Trinajstić information content (AvgIpc) is 3.26. The average molecular weight is 896 g/mol. The van der Waals surface area contributed by atoms with Gasteiger partial charge >= 0.3 is 13.8 Å². The number of rotatable bonds is 51. The number of hydrogen-bond donors (Lipinski definition) is 2. The van der Waals surface area contributed by atoms with Crippen molar-refractivity contribution in [3.05, 3.63) is 36.5 Å². The van der Waals surface area contributed by atoms with Crippen molar-refractivity contribution in [2.75, 3.05) is 33.0 Å². The second kappa shape index (κ2) is 50.7. The Morgan fingerprint density at radius 2 is 0.855 bits per heavy atom. The summed E-state index contributed by atoms with van der Waals surface area (Å²) in [5, 5.41) is 0. The third-order valence-corrected chi connectivity index (χ3v) is 12.5. The second-order valence-electron chi connectivity index (χ2n) is 17.7. The Hall–Kier alpha value is -1.28. The number of unbranched alkanes of at least 4 members (excludes halogenated alkanes) is 32. The Kier molecular flexibility index (Phi) is 49.7. The van der Waals surface area contributed by atoms with Crippen LogP contribution in [0.1, 0.15) is 258 Å². The monoisotopic (exact) mass is 896 g/mol. The van der Waals surface area contributed by atoms with Crippen LogP contribution in [0.25, 0.3) is 0 Å². The Morgan fingerprint density at radius 3 is 1.27 bits per heavy atom. The third-order valence-electron chi connectivity index (χ3n) is 11.6. The van der Waals surface area contributed by atoms with E-state index in [-0.39, 0.29) is 32.3 Å². The number of hydrogen-bond acceptors (Lipinski definition) is 7. The van der Waals surface area contributed by atoms with Crippen molar-refractivity contribution < 1.29 is 32.8 Å². The quantitative estimate of drug-likeness (QED) is 0.0268. The molecule has 0 rings (SSSR count). The molecule has 0 radical (unpaired) electrons. The van der Waals surface area contributed by atoms with Gasteiger partial charge in [0.05, 0.1) is 19.8 Å². The van der Waals surface area contributed by atoms with E-state index in [4.69, 9.17) is 24.3 Å². The molecular weight excluding hydrogens is 794 g/mol. The fraction of sp³-hybridized carbons (Fsp3) is 0.868. The van der Waals surface area contributed by atoms with Crippen LogP contribution in [-0.2, 0) is 27.9 Å². The van der Waals surface area contributed by atoms with E-state index in [1.165, 1.54) is 186 Å². The number of allylic oxidation sites excluding steroid dienone is 6. The first-order valence-corrected chi connectivity index (χ1v) is 28.0. The smallest absolute Gasteiger partial charge is 0.457 e. The lowest BCUT2D eigenvalue weighted by Gasteiger charge is -2.20. The van der Waals surface area contributed by atoms with E-state index >= 15 is 0 Å². The van der Waals surface area contributed by atoms with Gasteiger partial charge in [-0.25, -0.2) is 4.57 Å². The van der Waals surface area contributed by atoms with E-state index in [9.17, 15) is 14.3 Å². The molecule has 0 amide bonds. The molecule has 9 heteroatoms. The van der Waals surface area contributed by atoms with Gasteiger partial charge in [0.25, 0.3) is 0 Å². The molecule has 0 aromatic heterocycles. The zero-order valence-corrected chi connectivity index (χ0v) is 41.8. The van der Waals surface area contributed by atoms with Crippen LogP contribution in [0.2, 0.25) is 0 Å². The summed E-state index contributed by atoms with van der Waals surface area (Å²) in [7, 11) is -4.28. The van der Waals surface area contributed by atoms with Gasteiger partial charge in [0, 0.05) is 19.6 Å². The first-order chi connectivity index (χ1) is 30.4. The molecule has 0 heterocycles. The second-order valence-corrected chi connectivity index (χ2v) is 19.2. The standard InChI is InChI=1S/C53H102NO7P/c1-3-5-7-9-11-13-15-17-19-21-23-25-27-29-31-33-35-37-39-41-43-45-48-58-50-52(51-60-62(56,57)59-49-47-54)61-53(55)46-44-42-40-38-36-34-32-30-28-26-24-22-20-18-16-14-12-10-8-6-4-2/h15,17,21,23,27,29,52H,3-14,16,18-20,22,24-26,28,30-51,54H2,1-2H3,(H,56,57)/b17-15-,23-21-,29-27-. The van der Waals surface area contributed by atoms with Crippen molar-refractivity contribution in [1.82, 2.24) is 0 Å². The van der Waals surface area contributed by atoms with Gasteiger partial charge in [-0.05, 0) is 51.4 Å². The molecule has 0 saturated carbocycles. The molecule has 366 valence electrons. The fourth-order valence-corrected chi connectivity index (χ4v) is 8.42. The highest BCUT2D eigenvalue weighted by Crippen LogP contribution is 2.43. The van der Waals surface area contributed by atoms with Crippen molar-refractivity contribution >= 4 is 13.8 Å². The maximum absolute atomic E-state index is 12.7. The van der Waals surface area contributed by atoms with Crippen molar-refractivity contribution in [2.45, 2.75) is 264 Å². The van der Waals surface area contributed by atoms with Crippen LogP contribution in [0.5, 0.6) is 0 Å². The summed E-state index contributed by atoms with van der Waals surface area (Å²) in [6.07, 6.45) is 60.4. The summed E-state index contributed by atoms with van der Waals surface area (Å²) in [4.78, 5) is 22.6. The lowest BCUT2D eigenvalue weighted by Crippen LogP contribution is -2.28. The molecule has 0 bridgehead atoms. The van der Waals surface area contributed by atoms with Gasteiger partial charge in [-0.3, -0.25) is 13.8 Å². The largest absolute Gasteiger partial charge is 0.472 e. The number of phosphoric ester groups is 1. The number of carbonyl (C=O) groups is 1. The van der Waals surface area contributed by atoms with E-state index in [1.54, 1.807) is 0 Å². The van der Waals surface area contributed by atoms with Crippen LogP contribution in [0.3, 0.4) is 0 Å². The van der Waals surface area contributed by atoms with Crippen LogP contribution < -0.4 is 5.73 Å². The molecule has 0 fully saturated rings. The van der Waals surface area contributed by atoms with Crippen LogP contribution in [0.4, 0.5) is 0 Å². The van der Waals surface area contributed by atoms with E-state index in [0.717, 1.165) is 51.4 Å². The number of phosphoric acid groups is 1. The van der Waals surface area contributed by atoms with Gasteiger partial charge in [-0.15, -0.1) is 0 Å². The summed E-state index contributed by atoms with van der Waals surface area (Å²) >= 11 is 0. The van der Waals surface area contributed by atoms with Crippen LogP contribution in [0.15, 0.2) is 36.5 Å². The first-order valence-electron chi connectivity index (χ1n) is 26.5. The zero-order chi connectivity index (χ0) is 45.1. The van der Waals surface area contributed by atoms with Gasteiger partial charge in [-0.2, -0.15) is 0 Å². The van der Waals surface area contributed by atoms with Crippen LogP contribution >= 0.6 is 7.82 Å². The predicted octanol–water partition coefficient (Wildman–Crippen LogP) is 16.5. The van der Waals surface area contributed by atoms with Crippen molar-refractivity contribution in [2.24, 2.45) is 5.73 Å². The van der Waals surface area contributed by atoms with E-state index in [1.807, 2.05) is 0 Å². The Bertz CT molecular complexity index is 1050. The van der Waals surface area contributed by atoms with Gasteiger partial charge in [0.2, 0.25) is 0 Å². The minimum Gasteiger partial charge on any atom is -0.457 e.